The number of rotatable bonds is 6. The number of hydrogen-bond donors (Lipinski definition) is 9. The van der Waals surface area contributed by atoms with E-state index >= 15 is 0 Å². The van der Waals surface area contributed by atoms with Gasteiger partial charge in [0.1, 0.15) is 29.8 Å². The van der Waals surface area contributed by atoms with Gasteiger partial charge in [0.15, 0.2) is 6.29 Å². The zero-order chi connectivity index (χ0) is 35.4. The molecule has 1 heterocycles. The number of aliphatic hydroxyl groups excluding tert-OH is 8. The molecule has 0 bridgehead atoms. The maximum absolute atomic E-state index is 13.0. The molecule has 274 valence electrons. The van der Waals surface area contributed by atoms with Gasteiger partial charge in [-0.25, -0.2) is 0 Å². The number of aliphatic carboxylic acids is 1. The SMILES string of the molecule is CC1(C)CCC2(C(=O)O)C(O)CC3(C)C(=CCC4C5(C)CC(O)C(OC6OC(CO)C(O)C(O)C6O)C(CO)(CO)C5CCC43C)C2C1. The monoisotopic (exact) mass is 682 g/mol. The third-order valence-electron chi connectivity index (χ3n) is 15.3. The Bertz CT molecular complexity index is 1280. The van der Waals surface area contributed by atoms with E-state index in [1.807, 2.05) is 0 Å². The Morgan fingerprint density at radius 3 is 2.15 bits per heavy atom. The van der Waals surface area contributed by atoms with Gasteiger partial charge in [0.25, 0.3) is 0 Å². The quantitative estimate of drug-likeness (QED) is 0.141. The zero-order valence-electron chi connectivity index (χ0n) is 29.0. The molecule has 15 atom stereocenters. The fourth-order valence-corrected chi connectivity index (χ4v) is 12.5. The summed E-state index contributed by atoms with van der Waals surface area (Å²) in [4.78, 5) is 13.0. The van der Waals surface area contributed by atoms with Crippen molar-refractivity contribution in [2.45, 2.75) is 135 Å². The van der Waals surface area contributed by atoms with Crippen LogP contribution >= 0.6 is 0 Å². The van der Waals surface area contributed by atoms with Gasteiger partial charge in [-0.15, -0.1) is 0 Å². The lowest BCUT2D eigenvalue weighted by atomic mass is 9.33. The number of carbonyl (C=O) groups is 1. The van der Waals surface area contributed by atoms with Crippen LogP contribution in [0.1, 0.15) is 86.0 Å². The number of hydrogen-bond acceptors (Lipinski definition) is 11. The van der Waals surface area contributed by atoms with Gasteiger partial charge in [-0.05, 0) is 90.8 Å². The lowest BCUT2D eigenvalue weighted by Gasteiger charge is -2.72. The van der Waals surface area contributed by atoms with Crippen LogP contribution < -0.4 is 0 Å². The van der Waals surface area contributed by atoms with E-state index in [0.717, 1.165) is 12.0 Å². The molecule has 12 nitrogen and oxygen atoms in total. The van der Waals surface area contributed by atoms with E-state index in [9.17, 15) is 50.8 Å². The molecule has 0 spiro atoms. The maximum Gasteiger partial charge on any atom is 0.312 e. The van der Waals surface area contributed by atoms with Crippen molar-refractivity contribution in [3.8, 4) is 0 Å². The Labute approximate surface area is 282 Å². The summed E-state index contributed by atoms with van der Waals surface area (Å²) in [6.45, 7) is 9.13. The van der Waals surface area contributed by atoms with Crippen molar-refractivity contribution in [3.63, 3.8) is 0 Å². The van der Waals surface area contributed by atoms with Crippen molar-refractivity contribution in [2.24, 2.45) is 50.2 Å². The molecule has 5 fully saturated rings. The highest BCUT2D eigenvalue weighted by atomic mass is 16.7. The smallest absolute Gasteiger partial charge is 0.312 e. The van der Waals surface area contributed by atoms with E-state index in [4.69, 9.17) is 9.47 Å². The number of carboxylic acid groups (broad SMARTS) is 1. The van der Waals surface area contributed by atoms with Gasteiger partial charge in [-0.2, -0.15) is 0 Å². The van der Waals surface area contributed by atoms with Crippen molar-refractivity contribution >= 4 is 5.97 Å². The fraction of sp³-hybridized carbons (Fsp3) is 0.917. The average Bonchev–Trinajstić information content (AvgIpc) is 3.01. The lowest BCUT2D eigenvalue weighted by Crippen LogP contribution is -2.71. The van der Waals surface area contributed by atoms with Gasteiger partial charge >= 0.3 is 5.97 Å². The molecule has 0 amide bonds. The van der Waals surface area contributed by atoms with Crippen molar-refractivity contribution in [1.29, 1.82) is 0 Å². The highest BCUT2D eigenvalue weighted by molar-refractivity contribution is 5.77. The Morgan fingerprint density at radius 1 is 0.875 bits per heavy atom. The summed E-state index contributed by atoms with van der Waals surface area (Å²) in [5.74, 6) is -1.65. The number of ether oxygens (including phenoxy) is 2. The molecular weight excluding hydrogens is 624 g/mol. The van der Waals surface area contributed by atoms with Gasteiger partial charge in [0, 0.05) is 5.41 Å². The van der Waals surface area contributed by atoms with Crippen LogP contribution in [0.4, 0.5) is 0 Å². The molecule has 4 saturated carbocycles. The first-order valence-electron chi connectivity index (χ1n) is 17.8. The predicted octanol–water partition coefficient (Wildman–Crippen LogP) is 0.944. The topological polar surface area (TPSA) is 218 Å². The first kappa shape index (κ1) is 36.6. The third-order valence-corrected chi connectivity index (χ3v) is 15.3. The molecule has 15 unspecified atom stereocenters. The van der Waals surface area contributed by atoms with Gasteiger partial charge < -0.3 is 55.4 Å². The van der Waals surface area contributed by atoms with Gasteiger partial charge in [0.05, 0.1) is 38.1 Å². The predicted molar refractivity (Wildman–Crippen MR) is 171 cm³/mol. The number of fused-ring (bicyclic) bond motifs is 7. The van der Waals surface area contributed by atoms with E-state index in [1.54, 1.807) is 0 Å². The van der Waals surface area contributed by atoms with Gasteiger partial charge in [-0.3, -0.25) is 4.79 Å². The third kappa shape index (κ3) is 4.73. The van der Waals surface area contributed by atoms with E-state index in [1.165, 1.54) is 0 Å². The normalized spacial score (nSPS) is 52.6. The van der Waals surface area contributed by atoms with Crippen molar-refractivity contribution in [1.82, 2.24) is 0 Å². The van der Waals surface area contributed by atoms with Crippen LogP contribution in [0.3, 0.4) is 0 Å². The molecule has 1 aliphatic heterocycles. The summed E-state index contributed by atoms with van der Waals surface area (Å²) < 4.78 is 11.8. The Hall–Kier alpha value is -1.19. The molecule has 0 aromatic carbocycles. The Kier molecular flexibility index (Phi) is 9.10. The summed E-state index contributed by atoms with van der Waals surface area (Å²) in [5, 5.41) is 97.7. The largest absolute Gasteiger partial charge is 0.481 e. The summed E-state index contributed by atoms with van der Waals surface area (Å²) in [7, 11) is 0. The minimum absolute atomic E-state index is 0.0565. The van der Waals surface area contributed by atoms with E-state index < -0.39 is 102 Å². The molecule has 9 N–H and O–H groups in total. The molecule has 0 aromatic rings. The summed E-state index contributed by atoms with van der Waals surface area (Å²) in [6, 6.07) is 0. The van der Waals surface area contributed by atoms with Crippen LogP contribution in [0, 0.1) is 50.2 Å². The molecule has 48 heavy (non-hydrogen) atoms. The minimum atomic E-state index is -1.71. The van der Waals surface area contributed by atoms with E-state index in [0.29, 0.717) is 38.5 Å². The molecule has 6 rings (SSSR count). The van der Waals surface area contributed by atoms with Crippen LogP contribution in [0.25, 0.3) is 0 Å². The molecular formula is C36H58O12. The van der Waals surface area contributed by atoms with E-state index in [-0.39, 0.29) is 29.6 Å². The van der Waals surface area contributed by atoms with Crippen molar-refractivity contribution < 1.29 is 60.2 Å². The molecule has 0 radical (unpaired) electrons. The van der Waals surface area contributed by atoms with Crippen LogP contribution in [0.15, 0.2) is 11.6 Å². The summed E-state index contributed by atoms with van der Waals surface area (Å²) >= 11 is 0. The second-order valence-corrected chi connectivity index (χ2v) is 17.9. The minimum Gasteiger partial charge on any atom is -0.481 e. The first-order chi connectivity index (χ1) is 22.3. The number of aliphatic hydroxyl groups is 8. The number of allylic oxidation sites excluding steroid dienone is 2. The van der Waals surface area contributed by atoms with Crippen LogP contribution in [-0.4, -0.2) is 121 Å². The second-order valence-electron chi connectivity index (χ2n) is 17.9. The molecule has 6 aliphatic rings. The van der Waals surface area contributed by atoms with Gasteiger partial charge in [0.2, 0.25) is 0 Å². The molecule has 0 aromatic heterocycles. The highest BCUT2D eigenvalue weighted by Gasteiger charge is 2.73. The van der Waals surface area contributed by atoms with Crippen LogP contribution in [0.2, 0.25) is 0 Å². The lowest BCUT2D eigenvalue weighted by molar-refractivity contribution is -0.349. The molecule has 12 heteroatoms. The van der Waals surface area contributed by atoms with Gasteiger partial charge in [-0.1, -0.05) is 46.3 Å². The zero-order valence-corrected chi connectivity index (χ0v) is 29.0. The van der Waals surface area contributed by atoms with Crippen LogP contribution in [0.5, 0.6) is 0 Å². The van der Waals surface area contributed by atoms with E-state index in [2.05, 4.69) is 40.7 Å². The summed E-state index contributed by atoms with van der Waals surface area (Å²) in [5.41, 5.74) is -3.13. The van der Waals surface area contributed by atoms with Crippen molar-refractivity contribution in [3.05, 3.63) is 11.6 Å². The van der Waals surface area contributed by atoms with Crippen molar-refractivity contribution in [2.75, 3.05) is 19.8 Å². The maximum atomic E-state index is 13.0. The van der Waals surface area contributed by atoms with Crippen LogP contribution in [-0.2, 0) is 14.3 Å². The Balaban J connectivity index is 1.38. The highest BCUT2D eigenvalue weighted by Crippen LogP contribution is 2.76. The standard InChI is InChI=1S/C36H58O12/c1-31(2)10-11-36(30(45)46)19(12-31)18-6-7-22-32(3)13-20(40)28(48-29-27(44)26(43)25(42)21(15-37)47-29)35(16-38,17-39)23(32)8-9-33(22,4)34(18,5)14-24(36)41/h6,19-29,37-44H,7-17H2,1-5H3,(H,45,46). The molecule has 5 aliphatic carbocycles. The first-order valence-corrected chi connectivity index (χ1v) is 17.8. The Morgan fingerprint density at radius 2 is 1.54 bits per heavy atom. The second kappa shape index (κ2) is 11.9. The fourth-order valence-electron chi connectivity index (χ4n) is 12.5. The average molecular weight is 683 g/mol. The molecule has 1 saturated heterocycles. The summed E-state index contributed by atoms with van der Waals surface area (Å²) in [6.07, 6.45) is -4.81. The number of carboxylic acids is 1.